The van der Waals surface area contributed by atoms with E-state index in [9.17, 15) is 0 Å². The van der Waals surface area contributed by atoms with Crippen molar-refractivity contribution in [1.82, 2.24) is 10.6 Å². The van der Waals surface area contributed by atoms with Gasteiger partial charge in [-0.3, -0.25) is 4.99 Å². The number of rotatable bonds is 9. The number of nitrogens with one attached hydrogen (secondary N) is 2. The monoisotopic (exact) mass is 321 g/mol. The second kappa shape index (κ2) is 10.1. The molecule has 0 saturated carbocycles. The molecule has 1 aromatic carbocycles. The van der Waals surface area contributed by atoms with Crippen molar-refractivity contribution in [3.8, 4) is 5.75 Å². The molecule has 130 valence electrons. The maximum absolute atomic E-state index is 5.22. The molecular formula is C18H31N3O2. The molecule has 0 amide bonds. The molecule has 0 aromatic heterocycles. The van der Waals surface area contributed by atoms with Crippen molar-refractivity contribution >= 4 is 5.96 Å². The van der Waals surface area contributed by atoms with Crippen molar-refractivity contribution in [2.24, 2.45) is 4.99 Å². The Morgan fingerprint density at radius 1 is 1.13 bits per heavy atom. The summed E-state index contributed by atoms with van der Waals surface area (Å²) in [6.07, 6.45) is 0.961. The number of methoxy groups -OCH3 is 2. The van der Waals surface area contributed by atoms with Gasteiger partial charge in [0.1, 0.15) is 5.75 Å². The molecule has 0 radical (unpaired) electrons. The first kappa shape index (κ1) is 19.3. The lowest BCUT2D eigenvalue weighted by atomic mass is 9.85. The molecule has 0 spiro atoms. The van der Waals surface area contributed by atoms with Gasteiger partial charge in [-0.25, -0.2) is 0 Å². The summed E-state index contributed by atoms with van der Waals surface area (Å²) >= 11 is 0. The van der Waals surface area contributed by atoms with E-state index in [2.05, 4.69) is 43.5 Å². The number of hydrogen-bond donors (Lipinski definition) is 2. The normalized spacial score (nSPS) is 12.1. The number of aliphatic imine (C=N–C) groups is 1. The van der Waals surface area contributed by atoms with Crippen LogP contribution >= 0.6 is 0 Å². The highest BCUT2D eigenvalue weighted by atomic mass is 16.5. The molecule has 0 aliphatic heterocycles. The molecule has 1 rings (SSSR count). The second-order valence-corrected chi connectivity index (χ2v) is 6.08. The van der Waals surface area contributed by atoms with Gasteiger partial charge in [0.15, 0.2) is 5.96 Å². The van der Waals surface area contributed by atoms with Crippen LogP contribution in [0.25, 0.3) is 0 Å². The average Bonchev–Trinajstić information content (AvgIpc) is 2.56. The van der Waals surface area contributed by atoms with Crippen LogP contribution in [0.2, 0.25) is 0 Å². The number of hydrogen-bond acceptors (Lipinski definition) is 3. The maximum atomic E-state index is 5.22. The molecule has 0 fully saturated rings. The Balaban J connectivity index is 2.66. The summed E-state index contributed by atoms with van der Waals surface area (Å²) in [7, 11) is 3.40. The van der Waals surface area contributed by atoms with Crippen molar-refractivity contribution in [2.45, 2.75) is 32.6 Å². The number of nitrogens with zero attached hydrogens (tertiary/aromatic N) is 1. The first-order valence-electron chi connectivity index (χ1n) is 8.19. The van der Waals surface area contributed by atoms with Gasteiger partial charge in [-0.1, -0.05) is 26.0 Å². The van der Waals surface area contributed by atoms with Crippen LogP contribution in [0.4, 0.5) is 0 Å². The molecule has 5 heteroatoms. The Kier molecular flexibility index (Phi) is 8.48. The van der Waals surface area contributed by atoms with Crippen molar-refractivity contribution in [2.75, 3.05) is 40.5 Å². The number of ether oxygens (including phenoxy) is 2. The smallest absolute Gasteiger partial charge is 0.191 e. The quantitative estimate of drug-likeness (QED) is 0.417. The van der Waals surface area contributed by atoms with E-state index in [-0.39, 0.29) is 5.41 Å². The third-order valence-corrected chi connectivity index (χ3v) is 3.67. The van der Waals surface area contributed by atoms with E-state index in [1.807, 2.05) is 12.1 Å². The Morgan fingerprint density at radius 2 is 1.83 bits per heavy atom. The largest absolute Gasteiger partial charge is 0.497 e. The molecule has 2 N–H and O–H groups in total. The minimum atomic E-state index is -0.0405. The van der Waals surface area contributed by atoms with E-state index in [1.165, 1.54) is 5.56 Å². The van der Waals surface area contributed by atoms with Crippen molar-refractivity contribution in [1.29, 1.82) is 0 Å². The number of benzene rings is 1. The lowest BCUT2D eigenvalue weighted by Gasteiger charge is -2.24. The molecule has 0 aliphatic rings. The summed E-state index contributed by atoms with van der Waals surface area (Å²) in [5, 5.41) is 6.62. The minimum Gasteiger partial charge on any atom is -0.497 e. The molecule has 0 aliphatic carbocycles. The van der Waals surface area contributed by atoms with Crippen LogP contribution in [0.15, 0.2) is 29.3 Å². The molecule has 0 heterocycles. The molecule has 0 atom stereocenters. The maximum Gasteiger partial charge on any atom is 0.191 e. The lowest BCUT2D eigenvalue weighted by molar-refractivity contribution is 0.195. The van der Waals surface area contributed by atoms with Gasteiger partial charge in [0.05, 0.1) is 13.7 Å². The van der Waals surface area contributed by atoms with Crippen molar-refractivity contribution in [3.63, 3.8) is 0 Å². The van der Waals surface area contributed by atoms with Gasteiger partial charge in [0, 0.05) is 32.2 Å². The highest BCUT2D eigenvalue weighted by Crippen LogP contribution is 2.25. The van der Waals surface area contributed by atoms with Gasteiger partial charge in [-0.2, -0.15) is 0 Å². The van der Waals surface area contributed by atoms with Crippen molar-refractivity contribution < 1.29 is 9.47 Å². The highest BCUT2D eigenvalue weighted by Gasteiger charge is 2.20. The summed E-state index contributed by atoms with van der Waals surface area (Å²) < 4.78 is 10.3. The van der Waals surface area contributed by atoms with Crippen LogP contribution < -0.4 is 15.4 Å². The van der Waals surface area contributed by atoms with Crippen LogP contribution in [0.3, 0.4) is 0 Å². The summed E-state index contributed by atoms with van der Waals surface area (Å²) in [6, 6.07) is 8.20. The third-order valence-electron chi connectivity index (χ3n) is 3.67. The van der Waals surface area contributed by atoms with E-state index < -0.39 is 0 Å². The average molecular weight is 321 g/mol. The van der Waals surface area contributed by atoms with Crippen LogP contribution in [-0.2, 0) is 10.2 Å². The zero-order chi connectivity index (χ0) is 17.1. The van der Waals surface area contributed by atoms with Gasteiger partial charge < -0.3 is 20.1 Å². The first-order valence-corrected chi connectivity index (χ1v) is 8.19. The van der Waals surface area contributed by atoms with Crippen molar-refractivity contribution in [3.05, 3.63) is 29.8 Å². The fourth-order valence-electron chi connectivity index (χ4n) is 2.18. The molecule has 0 bridgehead atoms. The lowest BCUT2D eigenvalue weighted by Crippen LogP contribution is -2.39. The second-order valence-electron chi connectivity index (χ2n) is 6.08. The number of guanidine groups is 1. The van der Waals surface area contributed by atoms with Gasteiger partial charge in [-0.15, -0.1) is 0 Å². The predicted molar refractivity (Wildman–Crippen MR) is 96.5 cm³/mol. The summed E-state index contributed by atoms with van der Waals surface area (Å²) in [5.41, 5.74) is 1.21. The predicted octanol–water partition coefficient (Wildman–Crippen LogP) is 2.56. The summed E-state index contributed by atoms with van der Waals surface area (Å²) in [5.74, 6) is 1.73. The fraction of sp³-hybridized carbons (Fsp3) is 0.611. The van der Waals surface area contributed by atoms with E-state index in [4.69, 9.17) is 14.5 Å². The molecule has 23 heavy (non-hydrogen) atoms. The van der Waals surface area contributed by atoms with Gasteiger partial charge >= 0.3 is 0 Å². The molecule has 1 aromatic rings. The van der Waals surface area contributed by atoms with Gasteiger partial charge in [0.25, 0.3) is 0 Å². The third kappa shape index (κ3) is 6.91. The van der Waals surface area contributed by atoms with Crippen LogP contribution in [0.5, 0.6) is 5.75 Å². The van der Waals surface area contributed by atoms with E-state index in [0.717, 1.165) is 37.8 Å². The zero-order valence-corrected chi connectivity index (χ0v) is 15.1. The Morgan fingerprint density at radius 3 is 2.39 bits per heavy atom. The SMILES string of the molecule is CCNC(=NCC(C)(C)c1ccc(OC)cc1)NCCCOC. The summed E-state index contributed by atoms with van der Waals surface area (Å²) in [4.78, 5) is 4.72. The first-order chi connectivity index (χ1) is 11.0. The van der Waals surface area contributed by atoms with Gasteiger partial charge in [-0.05, 0) is 31.0 Å². The van der Waals surface area contributed by atoms with Gasteiger partial charge in [0.2, 0.25) is 0 Å². The minimum absolute atomic E-state index is 0.0405. The fourth-order valence-corrected chi connectivity index (χ4v) is 2.18. The standard InChI is InChI=1S/C18H31N3O2/c1-6-19-17(20-12-7-13-22-4)21-14-18(2,3)15-8-10-16(23-5)11-9-15/h8-11H,6-7,12-14H2,1-5H3,(H2,19,20,21). The Hall–Kier alpha value is -1.75. The molecular weight excluding hydrogens is 290 g/mol. The zero-order valence-electron chi connectivity index (χ0n) is 15.1. The molecule has 5 nitrogen and oxygen atoms in total. The van der Waals surface area contributed by atoms with E-state index in [0.29, 0.717) is 6.54 Å². The Bertz CT molecular complexity index is 470. The van der Waals surface area contributed by atoms with Crippen LogP contribution in [-0.4, -0.2) is 46.4 Å². The van der Waals surface area contributed by atoms with E-state index in [1.54, 1.807) is 14.2 Å². The molecule has 0 unspecified atom stereocenters. The van der Waals surface area contributed by atoms with E-state index >= 15 is 0 Å². The highest BCUT2D eigenvalue weighted by molar-refractivity contribution is 5.79. The topological polar surface area (TPSA) is 54.9 Å². The Labute approximate surface area is 140 Å². The molecule has 0 saturated heterocycles. The summed E-state index contributed by atoms with van der Waals surface area (Å²) in [6.45, 7) is 9.63. The van der Waals surface area contributed by atoms with Crippen LogP contribution in [0.1, 0.15) is 32.8 Å². The van der Waals surface area contributed by atoms with Crippen LogP contribution in [0, 0.1) is 0 Å².